The summed E-state index contributed by atoms with van der Waals surface area (Å²) in [6.07, 6.45) is 4.31. The van der Waals surface area contributed by atoms with E-state index in [0.717, 1.165) is 36.2 Å². The van der Waals surface area contributed by atoms with Gasteiger partial charge in [0.1, 0.15) is 0 Å². The summed E-state index contributed by atoms with van der Waals surface area (Å²) in [6.45, 7) is 8.43. The Hall–Kier alpha value is -2.81. The van der Waals surface area contributed by atoms with Gasteiger partial charge in [-0.3, -0.25) is 9.88 Å². The van der Waals surface area contributed by atoms with Crippen LogP contribution in [0.1, 0.15) is 36.7 Å². The van der Waals surface area contributed by atoms with Crippen LogP contribution in [0.2, 0.25) is 0 Å². The van der Waals surface area contributed by atoms with Crippen molar-refractivity contribution in [2.24, 2.45) is 0 Å². The molecule has 3 heterocycles. The third-order valence-electron chi connectivity index (χ3n) is 6.27. The summed E-state index contributed by atoms with van der Waals surface area (Å²) in [5.41, 5.74) is 5.63. The van der Waals surface area contributed by atoms with Crippen LogP contribution in [0.4, 0.5) is 5.69 Å². The lowest BCUT2D eigenvalue weighted by Gasteiger charge is -2.35. The molecule has 0 bridgehead atoms. The zero-order valence-electron chi connectivity index (χ0n) is 19.2. The molecule has 5 nitrogen and oxygen atoms in total. The van der Waals surface area contributed by atoms with Gasteiger partial charge in [-0.05, 0) is 95.7 Å². The smallest absolute Gasteiger partial charge is 0.0949 e. The van der Waals surface area contributed by atoms with E-state index in [1.807, 2.05) is 19.1 Å². The number of piperidine rings is 1. The van der Waals surface area contributed by atoms with E-state index in [-0.39, 0.29) is 0 Å². The first-order valence-electron chi connectivity index (χ1n) is 11.2. The molecule has 0 unspecified atom stereocenters. The summed E-state index contributed by atoms with van der Waals surface area (Å²) >= 11 is 0. The number of hydrogen-bond acceptors (Lipinski definition) is 4. The first-order valence-corrected chi connectivity index (χ1v) is 11.2. The van der Waals surface area contributed by atoms with Crippen molar-refractivity contribution in [1.82, 2.24) is 19.4 Å². The number of benzene rings is 1. The minimum atomic E-state index is 0.725. The van der Waals surface area contributed by atoms with E-state index in [4.69, 9.17) is 0 Å². The second-order valence-corrected chi connectivity index (χ2v) is 8.70. The highest BCUT2D eigenvalue weighted by atomic mass is 15.2. The molecule has 4 rings (SSSR count). The quantitative estimate of drug-likeness (QED) is 0.498. The predicted octanol–water partition coefficient (Wildman–Crippen LogP) is 4.31. The van der Waals surface area contributed by atoms with E-state index < -0.39 is 0 Å². The van der Waals surface area contributed by atoms with Crippen molar-refractivity contribution in [3.63, 3.8) is 0 Å². The molecule has 0 amide bonds. The Kier molecular flexibility index (Phi) is 6.60. The summed E-state index contributed by atoms with van der Waals surface area (Å²) < 4.78 is 2.29. The predicted molar refractivity (Wildman–Crippen MR) is 129 cm³/mol. The van der Waals surface area contributed by atoms with E-state index in [0.29, 0.717) is 0 Å². The molecule has 1 aliphatic heterocycles. The van der Waals surface area contributed by atoms with Crippen LogP contribution in [-0.4, -0.2) is 52.6 Å². The molecule has 0 radical (unpaired) electrons. The van der Waals surface area contributed by atoms with Crippen LogP contribution in [0.5, 0.6) is 0 Å². The average Bonchev–Trinajstić information content (AvgIpc) is 3.10. The molecule has 162 valence electrons. The maximum Gasteiger partial charge on any atom is 0.0949 e. The number of anilines is 1. The topological polar surface area (TPSA) is 36.3 Å². The number of likely N-dealkylation sites (tertiary alicyclic amines) is 1. The third-order valence-corrected chi connectivity index (χ3v) is 6.27. The fourth-order valence-electron chi connectivity index (χ4n) is 4.51. The normalized spacial score (nSPS) is 15.3. The SMILES string of the molecule is CCn1c(C#CNc2ccnc(C)c2)cc2cc(CN3CCC(N(C)C)CC3)ccc21. The molecule has 0 spiro atoms. The number of hydrogen-bond donors (Lipinski definition) is 1. The fourth-order valence-corrected chi connectivity index (χ4v) is 4.51. The van der Waals surface area contributed by atoms with Gasteiger partial charge < -0.3 is 14.8 Å². The highest BCUT2D eigenvalue weighted by Crippen LogP contribution is 2.23. The number of nitrogens with one attached hydrogen (secondary N) is 1. The summed E-state index contributed by atoms with van der Waals surface area (Å²) in [6, 6.07) is 16.9. The molecule has 1 fully saturated rings. The van der Waals surface area contributed by atoms with Gasteiger partial charge in [-0.2, -0.15) is 0 Å². The fraction of sp³-hybridized carbons (Fsp3) is 0.423. The first kappa shape index (κ1) is 21.4. The van der Waals surface area contributed by atoms with E-state index in [9.17, 15) is 0 Å². The zero-order valence-corrected chi connectivity index (χ0v) is 19.2. The van der Waals surface area contributed by atoms with Crippen LogP contribution in [0.25, 0.3) is 10.9 Å². The molecule has 2 aromatic heterocycles. The number of pyridine rings is 1. The molecule has 31 heavy (non-hydrogen) atoms. The Morgan fingerprint density at radius 1 is 1.13 bits per heavy atom. The molecule has 3 aromatic rings. The van der Waals surface area contributed by atoms with Crippen molar-refractivity contribution >= 4 is 16.6 Å². The molecule has 0 saturated carbocycles. The first-order chi connectivity index (χ1) is 15.0. The maximum absolute atomic E-state index is 4.23. The van der Waals surface area contributed by atoms with Crippen LogP contribution >= 0.6 is 0 Å². The molecular formula is C26H33N5. The summed E-state index contributed by atoms with van der Waals surface area (Å²) in [4.78, 5) is 9.17. The zero-order chi connectivity index (χ0) is 21.8. The minimum absolute atomic E-state index is 0.725. The lowest BCUT2D eigenvalue weighted by molar-refractivity contribution is 0.140. The highest BCUT2D eigenvalue weighted by molar-refractivity contribution is 5.83. The third kappa shape index (κ3) is 5.10. The standard InChI is InChI=1S/C26H33N5/c1-5-31-25(9-13-28-23-8-12-27-20(2)16-23)18-22-17-21(6-7-26(22)31)19-30-14-10-24(11-15-30)29(3)4/h6-8,12,16-18,24H,5,10-11,14-15,19H2,1-4H3,(H,27,28). The Bertz CT molecular complexity index is 1090. The van der Waals surface area contributed by atoms with Crippen LogP contribution in [0.3, 0.4) is 0 Å². The van der Waals surface area contributed by atoms with Crippen LogP contribution in [0.15, 0.2) is 42.6 Å². The van der Waals surface area contributed by atoms with Gasteiger partial charge in [0.2, 0.25) is 0 Å². The van der Waals surface area contributed by atoms with Gasteiger partial charge in [0.05, 0.1) is 5.69 Å². The molecule has 1 aliphatic rings. The van der Waals surface area contributed by atoms with Crippen molar-refractivity contribution in [1.29, 1.82) is 0 Å². The minimum Gasteiger partial charge on any atom is -0.334 e. The van der Waals surface area contributed by atoms with Crippen LogP contribution in [-0.2, 0) is 13.1 Å². The Balaban J connectivity index is 1.48. The summed E-state index contributed by atoms with van der Waals surface area (Å²) in [5.74, 6) is 3.30. The van der Waals surface area contributed by atoms with Crippen LogP contribution < -0.4 is 5.32 Å². The largest absolute Gasteiger partial charge is 0.334 e. The number of aromatic nitrogens is 2. The van der Waals surface area contributed by atoms with Gasteiger partial charge >= 0.3 is 0 Å². The second kappa shape index (κ2) is 9.55. The van der Waals surface area contributed by atoms with Crippen LogP contribution in [0, 0.1) is 18.9 Å². The molecule has 1 N–H and O–H groups in total. The molecule has 0 atom stereocenters. The Labute approximate surface area is 186 Å². The van der Waals surface area contributed by atoms with Crippen molar-refractivity contribution in [3.05, 3.63) is 59.5 Å². The van der Waals surface area contributed by atoms with Gasteiger partial charge in [0, 0.05) is 53.7 Å². The molecular weight excluding hydrogens is 382 g/mol. The Morgan fingerprint density at radius 3 is 2.65 bits per heavy atom. The van der Waals surface area contributed by atoms with Gasteiger partial charge in [0.25, 0.3) is 0 Å². The second-order valence-electron chi connectivity index (χ2n) is 8.70. The Morgan fingerprint density at radius 2 is 1.94 bits per heavy atom. The molecule has 1 saturated heterocycles. The lowest BCUT2D eigenvalue weighted by Crippen LogP contribution is -2.41. The van der Waals surface area contributed by atoms with Crippen molar-refractivity contribution in [2.75, 3.05) is 32.5 Å². The lowest BCUT2D eigenvalue weighted by atomic mass is 10.0. The number of aryl methyl sites for hydroxylation is 2. The van der Waals surface area contributed by atoms with Crippen molar-refractivity contribution in [3.8, 4) is 12.0 Å². The maximum atomic E-state index is 4.23. The van der Waals surface area contributed by atoms with Crippen molar-refractivity contribution < 1.29 is 0 Å². The van der Waals surface area contributed by atoms with Gasteiger partial charge in [-0.15, -0.1) is 0 Å². The van der Waals surface area contributed by atoms with Crippen molar-refractivity contribution in [2.45, 2.75) is 45.8 Å². The number of fused-ring (bicyclic) bond motifs is 1. The molecule has 1 aromatic carbocycles. The molecule has 0 aliphatic carbocycles. The van der Waals surface area contributed by atoms with Gasteiger partial charge in [0.15, 0.2) is 0 Å². The van der Waals surface area contributed by atoms with E-state index in [1.54, 1.807) is 6.20 Å². The van der Waals surface area contributed by atoms with E-state index in [2.05, 4.69) is 81.9 Å². The monoisotopic (exact) mass is 415 g/mol. The van der Waals surface area contributed by atoms with E-state index in [1.165, 1.54) is 42.4 Å². The summed E-state index contributed by atoms with van der Waals surface area (Å²) in [7, 11) is 4.39. The summed E-state index contributed by atoms with van der Waals surface area (Å²) in [5, 5.41) is 4.45. The van der Waals surface area contributed by atoms with Gasteiger partial charge in [-0.1, -0.05) is 6.07 Å². The number of rotatable bonds is 5. The highest BCUT2D eigenvalue weighted by Gasteiger charge is 2.20. The van der Waals surface area contributed by atoms with E-state index >= 15 is 0 Å². The molecule has 5 heteroatoms. The average molecular weight is 416 g/mol. The van der Waals surface area contributed by atoms with Gasteiger partial charge in [-0.25, -0.2) is 0 Å². The number of nitrogens with zero attached hydrogens (tertiary/aromatic N) is 4.